The van der Waals surface area contributed by atoms with Crippen LogP contribution in [0.2, 0.25) is 0 Å². The molecule has 0 aliphatic heterocycles. The summed E-state index contributed by atoms with van der Waals surface area (Å²) >= 11 is 2.11. The topological polar surface area (TPSA) is 58.6 Å². The molecule has 0 aromatic carbocycles. The van der Waals surface area contributed by atoms with Crippen molar-refractivity contribution in [1.29, 1.82) is 0 Å². The van der Waals surface area contributed by atoms with Gasteiger partial charge in [0.2, 0.25) is 0 Å². The van der Waals surface area contributed by atoms with Crippen molar-refractivity contribution in [3.8, 4) is 0 Å². The van der Waals surface area contributed by atoms with Gasteiger partial charge in [0.05, 0.1) is 0 Å². The maximum atomic E-state index is 8.56. The molecule has 0 amide bonds. The van der Waals surface area contributed by atoms with Crippen LogP contribution in [0.15, 0.2) is 5.16 Å². The highest BCUT2D eigenvalue weighted by atomic mass is 32.2. The van der Waals surface area contributed by atoms with Crippen LogP contribution in [0.4, 0.5) is 0 Å². The third-order valence-corrected chi connectivity index (χ3v) is 5.29. The summed E-state index contributed by atoms with van der Waals surface area (Å²) in [5.74, 6) is 1.60. The van der Waals surface area contributed by atoms with Crippen molar-refractivity contribution in [1.82, 2.24) is 0 Å². The highest BCUT2D eigenvalue weighted by Crippen LogP contribution is 2.52. The summed E-state index contributed by atoms with van der Waals surface area (Å²) in [6.45, 7) is 0. The zero-order valence-electron chi connectivity index (χ0n) is 9.11. The molecule has 15 heavy (non-hydrogen) atoms. The molecule has 0 unspecified atom stereocenters. The number of oxime groups is 1. The third-order valence-electron chi connectivity index (χ3n) is 3.57. The molecular formula is C11H20N2OS. The average Bonchev–Trinajstić information content (AvgIpc) is 2.81. The lowest BCUT2D eigenvalue weighted by atomic mass is 10.1. The number of rotatable bonds is 5. The van der Waals surface area contributed by atoms with E-state index < -0.39 is 0 Å². The first-order valence-corrected chi connectivity index (χ1v) is 6.87. The standard InChI is InChI=1S/C11H20N2OS/c12-10(13-14)7-11(5-6-11)8-15-9-3-1-2-4-9/h9,14H,1-8H2,(H2,12,13). The van der Waals surface area contributed by atoms with E-state index in [-0.39, 0.29) is 0 Å². The first-order valence-electron chi connectivity index (χ1n) is 5.82. The van der Waals surface area contributed by atoms with Crippen molar-refractivity contribution < 1.29 is 5.21 Å². The molecule has 0 atom stereocenters. The molecule has 3 N–H and O–H groups in total. The van der Waals surface area contributed by atoms with Gasteiger partial charge in [0.15, 0.2) is 0 Å². The molecule has 2 rings (SSSR count). The maximum Gasteiger partial charge on any atom is 0.139 e. The summed E-state index contributed by atoms with van der Waals surface area (Å²) in [5, 5.41) is 12.5. The van der Waals surface area contributed by atoms with E-state index in [4.69, 9.17) is 10.9 Å². The molecule has 0 saturated heterocycles. The van der Waals surface area contributed by atoms with Gasteiger partial charge in [-0.05, 0) is 36.9 Å². The molecule has 0 bridgehead atoms. The van der Waals surface area contributed by atoms with Crippen LogP contribution in [0.25, 0.3) is 0 Å². The Morgan fingerprint density at radius 2 is 2.07 bits per heavy atom. The van der Waals surface area contributed by atoms with Gasteiger partial charge in [0.1, 0.15) is 5.84 Å². The lowest BCUT2D eigenvalue weighted by Crippen LogP contribution is -2.20. The largest absolute Gasteiger partial charge is 0.409 e. The monoisotopic (exact) mass is 228 g/mol. The Labute approximate surface area is 95.5 Å². The second-order valence-corrected chi connectivity index (χ2v) is 6.27. The zero-order chi connectivity index (χ0) is 10.7. The molecule has 2 aliphatic rings. The Morgan fingerprint density at radius 3 is 2.60 bits per heavy atom. The van der Waals surface area contributed by atoms with Crippen LogP contribution in [0, 0.1) is 5.41 Å². The van der Waals surface area contributed by atoms with Crippen LogP contribution >= 0.6 is 11.8 Å². The second kappa shape index (κ2) is 4.64. The second-order valence-electron chi connectivity index (χ2n) is 4.99. The predicted molar refractivity (Wildman–Crippen MR) is 64.4 cm³/mol. The van der Waals surface area contributed by atoms with Gasteiger partial charge < -0.3 is 10.9 Å². The number of amidine groups is 1. The van der Waals surface area contributed by atoms with Crippen molar-refractivity contribution in [3.63, 3.8) is 0 Å². The van der Waals surface area contributed by atoms with Crippen LogP contribution in [0.3, 0.4) is 0 Å². The summed E-state index contributed by atoms with van der Waals surface area (Å²) in [7, 11) is 0. The molecule has 4 heteroatoms. The Morgan fingerprint density at radius 1 is 1.40 bits per heavy atom. The minimum absolute atomic E-state index is 0.379. The number of nitrogens with two attached hydrogens (primary N) is 1. The van der Waals surface area contributed by atoms with Crippen molar-refractivity contribution in [2.75, 3.05) is 5.75 Å². The van der Waals surface area contributed by atoms with Crippen LogP contribution in [0.1, 0.15) is 44.9 Å². The number of hydrogen-bond donors (Lipinski definition) is 2. The van der Waals surface area contributed by atoms with Gasteiger partial charge in [-0.1, -0.05) is 18.0 Å². The molecule has 3 nitrogen and oxygen atoms in total. The Balaban J connectivity index is 1.73. The first-order chi connectivity index (χ1) is 7.24. The van der Waals surface area contributed by atoms with Gasteiger partial charge in [-0.25, -0.2) is 0 Å². The van der Waals surface area contributed by atoms with Crippen LogP contribution < -0.4 is 5.73 Å². The molecule has 0 aromatic rings. The van der Waals surface area contributed by atoms with Crippen LogP contribution in [-0.2, 0) is 0 Å². The van der Waals surface area contributed by atoms with E-state index in [1.54, 1.807) is 0 Å². The fourth-order valence-corrected chi connectivity index (χ4v) is 3.96. The molecule has 2 aliphatic carbocycles. The zero-order valence-corrected chi connectivity index (χ0v) is 9.93. The minimum atomic E-state index is 0.379. The highest BCUT2D eigenvalue weighted by molar-refractivity contribution is 7.99. The lowest BCUT2D eigenvalue weighted by molar-refractivity contribution is 0.315. The van der Waals surface area contributed by atoms with E-state index in [1.165, 1.54) is 44.3 Å². The molecule has 0 aromatic heterocycles. The van der Waals surface area contributed by atoms with Gasteiger partial charge in [-0.15, -0.1) is 0 Å². The van der Waals surface area contributed by atoms with E-state index in [0.717, 1.165) is 11.7 Å². The molecule has 0 radical (unpaired) electrons. The van der Waals surface area contributed by atoms with Crippen molar-refractivity contribution in [2.45, 2.75) is 50.2 Å². The molecule has 2 fully saturated rings. The normalized spacial score (nSPS) is 25.7. The van der Waals surface area contributed by atoms with E-state index >= 15 is 0 Å². The average molecular weight is 228 g/mol. The number of nitrogens with zero attached hydrogens (tertiary/aromatic N) is 1. The molecule has 0 spiro atoms. The van der Waals surface area contributed by atoms with E-state index in [0.29, 0.717) is 11.3 Å². The maximum absolute atomic E-state index is 8.56. The van der Waals surface area contributed by atoms with Gasteiger partial charge >= 0.3 is 0 Å². The number of hydrogen-bond acceptors (Lipinski definition) is 3. The fraction of sp³-hybridized carbons (Fsp3) is 0.909. The minimum Gasteiger partial charge on any atom is -0.409 e. The van der Waals surface area contributed by atoms with E-state index in [9.17, 15) is 0 Å². The number of thioether (sulfide) groups is 1. The lowest BCUT2D eigenvalue weighted by Gasteiger charge is -2.16. The van der Waals surface area contributed by atoms with Crippen LogP contribution in [-0.4, -0.2) is 22.0 Å². The SMILES string of the molecule is NC(CC1(CSC2CCCC2)CC1)=NO. The van der Waals surface area contributed by atoms with Crippen molar-refractivity contribution in [3.05, 3.63) is 0 Å². The summed E-state index contributed by atoms with van der Waals surface area (Å²) in [4.78, 5) is 0. The summed E-state index contributed by atoms with van der Waals surface area (Å²) < 4.78 is 0. The Kier molecular flexibility index (Phi) is 3.44. The molecule has 2 saturated carbocycles. The van der Waals surface area contributed by atoms with E-state index in [2.05, 4.69) is 16.9 Å². The van der Waals surface area contributed by atoms with Crippen LogP contribution in [0.5, 0.6) is 0 Å². The predicted octanol–water partition coefficient (Wildman–Crippen LogP) is 2.58. The Bertz CT molecular complexity index is 245. The third kappa shape index (κ3) is 3.03. The molecular weight excluding hydrogens is 208 g/mol. The smallest absolute Gasteiger partial charge is 0.139 e. The van der Waals surface area contributed by atoms with Gasteiger partial charge in [-0.2, -0.15) is 11.8 Å². The molecule has 86 valence electrons. The quantitative estimate of drug-likeness (QED) is 0.329. The Hall–Kier alpha value is -0.380. The van der Waals surface area contributed by atoms with Gasteiger partial charge in [0.25, 0.3) is 0 Å². The van der Waals surface area contributed by atoms with Gasteiger partial charge in [-0.3, -0.25) is 0 Å². The first kappa shape index (κ1) is 11.1. The van der Waals surface area contributed by atoms with E-state index in [1.807, 2.05) is 0 Å². The summed E-state index contributed by atoms with van der Waals surface area (Å²) in [5.41, 5.74) is 5.95. The van der Waals surface area contributed by atoms with Crippen molar-refractivity contribution >= 4 is 17.6 Å². The summed E-state index contributed by atoms with van der Waals surface area (Å²) in [6, 6.07) is 0. The summed E-state index contributed by atoms with van der Waals surface area (Å²) in [6.07, 6.45) is 8.89. The fourth-order valence-electron chi connectivity index (χ4n) is 2.32. The molecule has 0 heterocycles. The van der Waals surface area contributed by atoms with Crippen molar-refractivity contribution in [2.24, 2.45) is 16.3 Å². The van der Waals surface area contributed by atoms with Gasteiger partial charge in [0, 0.05) is 11.7 Å². The highest BCUT2D eigenvalue weighted by Gasteiger charge is 2.43.